The second-order valence-corrected chi connectivity index (χ2v) is 2.38. The van der Waals surface area contributed by atoms with Gasteiger partial charge in [0, 0.05) is 0 Å². The maximum absolute atomic E-state index is 5.42. The van der Waals surface area contributed by atoms with Crippen molar-refractivity contribution in [3.63, 3.8) is 0 Å². The van der Waals surface area contributed by atoms with Crippen LogP contribution in [0.25, 0.3) is 0 Å². The molecule has 0 aromatic heterocycles. The summed E-state index contributed by atoms with van der Waals surface area (Å²) in [6.45, 7) is 11.5. The van der Waals surface area contributed by atoms with Crippen LogP contribution in [0.5, 0.6) is 0 Å². The van der Waals surface area contributed by atoms with Crippen LogP contribution in [0.15, 0.2) is 0 Å². The van der Waals surface area contributed by atoms with Crippen molar-refractivity contribution in [2.75, 3.05) is 0 Å². The highest BCUT2D eigenvalue weighted by molar-refractivity contribution is 4.61. The standard InChI is InChI=1S/C8H16O/c1-5-8(6-2)9-7(3)4/h7-8H,1-2,5-6H2,3-4H3. The van der Waals surface area contributed by atoms with Crippen molar-refractivity contribution in [2.45, 2.75) is 38.9 Å². The minimum atomic E-state index is 0.255. The predicted octanol–water partition coefficient (Wildman–Crippen LogP) is 2.23. The summed E-state index contributed by atoms with van der Waals surface area (Å²) in [4.78, 5) is 0. The van der Waals surface area contributed by atoms with E-state index in [2.05, 4.69) is 13.8 Å². The molecule has 0 bridgehead atoms. The van der Waals surface area contributed by atoms with Crippen LogP contribution in [0, 0.1) is 13.8 Å². The van der Waals surface area contributed by atoms with Gasteiger partial charge < -0.3 is 4.74 Å². The van der Waals surface area contributed by atoms with E-state index >= 15 is 0 Å². The van der Waals surface area contributed by atoms with E-state index in [0.717, 1.165) is 12.8 Å². The zero-order valence-electron chi connectivity index (χ0n) is 6.39. The van der Waals surface area contributed by atoms with Crippen molar-refractivity contribution >= 4 is 0 Å². The van der Waals surface area contributed by atoms with Crippen molar-refractivity contribution in [3.05, 3.63) is 13.8 Å². The lowest BCUT2D eigenvalue weighted by Gasteiger charge is -2.16. The average molecular weight is 128 g/mol. The Labute approximate surface area is 58.4 Å². The molecular weight excluding hydrogens is 112 g/mol. The van der Waals surface area contributed by atoms with Crippen LogP contribution in [0.1, 0.15) is 26.7 Å². The quantitative estimate of drug-likeness (QED) is 0.564. The first-order valence-electron chi connectivity index (χ1n) is 3.44. The smallest absolute Gasteiger partial charge is 0.0578 e. The Bertz CT molecular complexity index is 55.6. The largest absolute Gasteiger partial charge is 0.376 e. The van der Waals surface area contributed by atoms with Crippen LogP contribution in [0.2, 0.25) is 0 Å². The van der Waals surface area contributed by atoms with Gasteiger partial charge in [-0.2, -0.15) is 0 Å². The van der Waals surface area contributed by atoms with Crippen LogP contribution in [0.4, 0.5) is 0 Å². The van der Waals surface area contributed by atoms with Crippen LogP contribution < -0.4 is 0 Å². The van der Waals surface area contributed by atoms with Crippen molar-refractivity contribution in [3.8, 4) is 0 Å². The Morgan fingerprint density at radius 3 is 1.78 bits per heavy atom. The lowest BCUT2D eigenvalue weighted by molar-refractivity contribution is 0.0110. The lowest BCUT2D eigenvalue weighted by atomic mass is 10.2. The van der Waals surface area contributed by atoms with Crippen LogP contribution >= 0.6 is 0 Å². The molecule has 54 valence electrons. The SMILES string of the molecule is [CH2]CC(C[CH2])OC(C)C. The predicted molar refractivity (Wildman–Crippen MR) is 40.0 cm³/mol. The van der Waals surface area contributed by atoms with Gasteiger partial charge in [-0.1, -0.05) is 13.8 Å². The summed E-state index contributed by atoms with van der Waals surface area (Å²) in [5.74, 6) is 0. The normalized spacial score (nSPS) is 11.3. The Morgan fingerprint density at radius 2 is 1.67 bits per heavy atom. The number of rotatable bonds is 4. The van der Waals surface area contributed by atoms with Gasteiger partial charge in [0.25, 0.3) is 0 Å². The van der Waals surface area contributed by atoms with E-state index in [1.807, 2.05) is 13.8 Å². The Balaban J connectivity index is 3.31. The van der Waals surface area contributed by atoms with Gasteiger partial charge in [-0.15, -0.1) is 0 Å². The fourth-order valence-electron chi connectivity index (χ4n) is 0.665. The summed E-state index contributed by atoms with van der Waals surface area (Å²) in [6.07, 6.45) is 2.20. The van der Waals surface area contributed by atoms with Gasteiger partial charge in [-0.3, -0.25) is 0 Å². The summed E-state index contributed by atoms with van der Waals surface area (Å²) < 4.78 is 5.42. The van der Waals surface area contributed by atoms with Gasteiger partial charge in [-0.05, 0) is 26.7 Å². The molecule has 0 atom stereocenters. The van der Waals surface area contributed by atoms with E-state index in [0.29, 0.717) is 6.10 Å². The molecule has 0 aromatic carbocycles. The molecule has 9 heavy (non-hydrogen) atoms. The average Bonchev–Trinajstić information content (AvgIpc) is 1.82. The van der Waals surface area contributed by atoms with E-state index in [4.69, 9.17) is 4.74 Å². The molecule has 0 spiro atoms. The molecule has 0 amide bonds. The molecular formula is C8H16O. The molecule has 0 heterocycles. The molecule has 0 saturated carbocycles. The van der Waals surface area contributed by atoms with E-state index in [-0.39, 0.29) is 6.10 Å². The fourth-order valence-corrected chi connectivity index (χ4v) is 0.665. The van der Waals surface area contributed by atoms with Gasteiger partial charge in [0.1, 0.15) is 0 Å². The third kappa shape index (κ3) is 4.46. The second-order valence-electron chi connectivity index (χ2n) is 2.38. The number of ether oxygens (including phenoxy) is 1. The molecule has 0 aliphatic rings. The Hall–Kier alpha value is -0.0400. The molecule has 0 fully saturated rings. The first-order chi connectivity index (χ1) is 4.20. The van der Waals surface area contributed by atoms with E-state index in [1.165, 1.54) is 0 Å². The fraction of sp³-hybridized carbons (Fsp3) is 0.750. The topological polar surface area (TPSA) is 9.23 Å². The van der Waals surface area contributed by atoms with Gasteiger partial charge >= 0.3 is 0 Å². The van der Waals surface area contributed by atoms with Gasteiger partial charge in [-0.25, -0.2) is 0 Å². The highest BCUT2D eigenvalue weighted by Gasteiger charge is 2.04. The minimum absolute atomic E-state index is 0.255. The van der Waals surface area contributed by atoms with Crippen molar-refractivity contribution in [1.29, 1.82) is 0 Å². The summed E-state index contributed by atoms with van der Waals surface area (Å²) in [6, 6.07) is 0. The van der Waals surface area contributed by atoms with Crippen LogP contribution in [0.3, 0.4) is 0 Å². The monoisotopic (exact) mass is 128 g/mol. The Morgan fingerprint density at radius 1 is 1.22 bits per heavy atom. The highest BCUT2D eigenvalue weighted by atomic mass is 16.5. The maximum atomic E-state index is 5.42. The van der Waals surface area contributed by atoms with Crippen molar-refractivity contribution in [2.24, 2.45) is 0 Å². The van der Waals surface area contributed by atoms with E-state index in [9.17, 15) is 0 Å². The molecule has 0 aliphatic heterocycles. The van der Waals surface area contributed by atoms with Crippen molar-refractivity contribution in [1.82, 2.24) is 0 Å². The van der Waals surface area contributed by atoms with E-state index < -0.39 is 0 Å². The van der Waals surface area contributed by atoms with Gasteiger partial charge in [0.05, 0.1) is 12.2 Å². The number of hydrogen-bond acceptors (Lipinski definition) is 1. The number of hydrogen-bond donors (Lipinski definition) is 0. The highest BCUT2D eigenvalue weighted by Crippen LogP contribution is 2.04. The van der Waals surface area contributed by atoms with Gasteiger partial charge in [0.15, 0.2) is 0 Å². The summed E-state index contributed by atoms with van der Waals surface area (Å²) in [7, 11) is 0. The molecule has 1 heteroatoms. The van der Waals surface area contributed by atoms with Gasteiger partial charge in [0.2, 0.25) is 0 Å². The minimum Gasteiger partial charge on any atom is -0.376 e. The summed E-state index contributed by atoms with van der Waals surface area (Å²) >= 11 is 0. The third-order valence-corrected chi connectivity index (χ3v) is 1.11. The molecule has 0 aliphatic carbocycles. The molecule has 1 nitrogen and oxygen atoms in total. The van der Waals surface area contributed by atoms with Crippen LogP contribution in [-0.2, 0) is 4.74 Å². The molecule has 0 rings (SSSR count). The molecule has 0 aromatic rings. The van der Waals surface area contributed by atoms with Crippen LogP contribution in [-0.4, -0.2) is 12.2 Å². The maximum Gasteiger partial charge on any atom is 0.0578 e. The molecule has 0 unspecified atom stereocenters. The third-order valence-electron chi connectivity index (χ3n) is 1.11. The van der Waals surface area contributed by atoms with Crippen molar-refractivity contribution < 1.29 is 4.74 Å². The molecule has 2 radical (unpaired) electrons. The first-order valence-corrected chi connectivity index (χ1v) is 3.44. The lowest BCUT2D eigenvalue weighted by Crippen LogP contribution is -2.15. The summed E-state index contributed by atoms with van der Waals surface area (Å²) in [5, 5.41) is 0. The zero-order valence-corrected chi connectivity index (χ0v) is 6.39. The first kappa shape index (κ1) is 8.96. The zero-order chi connectivity index (χ0) is 7.28. The summed E-state index contributed by atoms with van der Waals surface area (Å²) in [5.41, 5.74) is 0. The molecule has 0 saturated heterocycles. The second kappa shape index (κ2) is 4.80. The van der Waals surface area contributed by atoms with E-state index in [1.54, 1.807) is 0 Å². The molecule has 0 N–H and O–H groups in total. The Kier molecular flexibility index (Phi) is 4.78.